The average molecular weight is 281 g/mol. The van der Waals surface area contributed by atoms with Crippen LogP contribution in [0.4, 0.5) is 0 Å². The molecule has 2 rings (SSSR count). The van der Waals surface area contributed by atoms with Crippen LogP contribution in [0, 0.1) is 12.8 Å². The second-order valence-corrected chi connectivity index (χ2v) is 5.41. The summed E-state index contributed by atoms with van der Waals surface area (Å²) >= 11 is 0. The number of aryl methyl sites for hydroxylation is 1. The fraction of sp³-hybridized carbons (Fsp3) is 0.643. The zero-order valence-corrected chi connectivity index (χ0v) is 11.9. The van der Waals surface area contributed by atoms with E-state index < -0.39 is 0 Å². The number of carbonyl (C=O) groups excluding carboxylic acids is 1. The van der Waals surface area contributed by atoms with E-state index >= 15 is 0 Å². The van der Waals surface area contributed by atoms with E-state index in [4.69, 9.17) is 15.4 Å². The molecule has 1 fully saturated rings. The van der Waals surface area contributed by atoms with E-state index in [0.717, 1.165) is 31.7 Å². The van der Waals surface area contributed by atoms with Crippen LogP contribution in [0.2, 0.25) is 0 Å². The Morgan fingerprint density at radius 1 is 1.65 bits per heavy atom. The molecule has 0 bridgehead atoms. The maximum Gasteiger partial charge on any atom is 0.268 e. The van der Waals surface area contributed by atoms with E-state index in [2.05, 4.69) is 10.3 Å². The smallest absolute Gasteiger partial charge is 0.268 e. The third-order valence-electron chi connectivity index (χ3n) is 3.86. The van der Waals surface area contributed by atoms with Crippen LogP contribution < -0.4 is 11.3 Å². The van der Waals surface area contributed by atoms with Crippen LogP contribution in [0.15, 0.2) is 10.5 Å². The molecule has 1 aliphatic rings. The van der Waals surface area contributed by atoms with Gasteiger partial charge in [-0.25, -0.2) is 5.84 Å². The summed E-state index contributed by atoms with van der Waals surface area (Å²) in [5.74, 6) is 6.74. The van der Waals surface area contributed by atoms with Crippen molar-refractivity contribution >= 4 is 5.91 Å². The van der Waals surface area contributed by atoms with Gasteiger partial charge in [-0.05, 0) is 44.7 Å². The van der Waals surface area contributed by atoms with Crippen molar-refractivity contribution in [2.45, 2.75) is 32.7 Å². The highest BCUT2D eigenvalue weighted by Gasteiger charge is 2.21. The van der Waals surface area contributed by atoms with Gasteiger partial charge in [-0.15, -0.1) is 0 Å². The van der Waals surface area contributed by atoms with Gasteiger partial charge in [-0.2, -0.15) is 0 Å². The quantitative estimate of drug-likeness (QED) is 0.421. The fourth-order valence-electron chi connectivity index (χ4n) is 2.86. The minimum atomic E-state index is -0.325. The van der Waals surface area contributed by atoms with Crippen molar-refractivity contribution in [2.24, 2.45) is 11.8 Å². The second kappa shape index (κ2) is 6.88. The first kappa shape index (κ1) is 15.0. The molecule has 6 heteroatoms. The summed E-state index contributed by atoms with van der Waals surface area (Å²) in [6.45, 7) is 4.71. The summed E-state index contributed by atoms with van der Waals surface area (Å²) < 4.78 is 5.63. The normalized spacial score (nSPS) is 20.1. The number of hydrazine groups is 1. The number of rotatable bonds is 5. The van der Waals surface area contributed by atoms with Crippen molar-refractivity contribution in [1.29, 1.82) is 0 Å². The highest BCUT2D eigenvalue weighted by Crippen LogP contribution is 2.22. The SMILES string of the molecule is Cc1oc(CN2CCCC(CCO)C2)cc1C(=O)NN. The van der Waals surface area contributed by atoms with Crippen molar-refractivity contribution < 1.29 is 14.3 Å². The first-order valence-electron chi connectivity index (χ1n) is 7.07. The third-order valence-corrected chi connectivity index (χ3v) is 3.86. The van der Waals surface area contributed by atoms with Gasteiger partial charge in [-0.1, -0.05) is 0 Å². The summed E-state index contributed by atoms with van der Waals surface area (Å²) in [4.78, 5) is 13.9. The predicted molar refractivity (Wildman–Crippen MR) is 74.8 cm³/mol. The number of piperidine rings is 1. The minimum Gasteiger partial charge on any atom is -0.464 e. The van der Waals surface area contributed by atoms with E-state index in [0.29, 0.717) is 23.8 Å². The lowest BCUT2D eigenvalue weighted by Gasteiger charge is -2.31. The number of nitrogen functional groups attached to an aromatic ring is 1. The van der Waals surface area contributed by atoms with Gasteiger partial charge < -0.3 is 9.52 Å². The van der Waals surface area contributed by atoms with Gasteiger partial charge in [0.1, 0.15) is 11.5 Å². The summed E-state index contributed by atoms with van der Waals surface area (Å²) in [6.07, 6.45) is 3.17. The van der Waals surface area contributed by atoms with E-state index in [-0.39, 0.29) is 12.5 Å². The molecule has 20 heavy (non-hydrogen) atoms. The molecular formula is C14H23N3O3. The van der Waals surface area contributed by atoms with E-state index in [9.17, 15) is 4.79 Å². The molecule has 0 aromatic carbocycles. The molecule has 4 N–H and O–H groups in total. The van der Waals surface area contributed by atoms with Crippen LogP contribution in [0.5, 0.6) is 0 Å². The number of aliphatic hydroxyl groups is 1. The average Bonchev–Trinajstić information content (AvgIpc) is 2.79. The van der Waals surface area contributed by atoms with Crippen molar-refractivity contribution in [3.05, 3.63) is 23.2 Å². The first-order valence-corrected chi connectivity index (χ1v) is 7.07. The monoisotopic (exact) mass is 281 g/mol. The largest absolute Gasteiger partial charge is 0.464 e. The zero-order valence-electron chi connectivity index (χ0n) is 11.9. The van der Waals surface area contributed by atoms with Crippen LogP contribution in [-0.2, 0) is 6.54 Å². The molecule has 112 valence electrons. The summed E-state index contributed by atoms with van der Waals surface area (Å²) in [5.41, 5.74) is 2.61. The molecule has 1 aliphatic heterocycles. The Labute approximate surface area is 118 Å². The van der Waals surface area contributed by atoms with Crippen LogP contribution >= 0.6 is 0 Å². The van der Waals surface area contributed by atoms with E-state index in [1.54, 1.807) is 13.0 Å². The molecule has 2 heterocycles. The van der Waals surface area contributed by atoms with Crippen molar-refractivity contribution in [2.75, 3.05) is 19.7 Å². The van der Waals surface area contributed by atoms with Crippen LogP contribution in [0.25, 0.3) is 0 Å². The highest BCUT2D eigenvalue weighted by molar-refractivity contribution is 5.94. The van der Waals surface area contributed by atoms with Gasteiger partial charge in [0.15, 0.2) is 0 Å². The Morgan fingerprint density at radius 2 is 2.45 bits per heavy atom. The van der Waals surface area contributed by atoms with Crippen LogP contribution in [-0.4, -0.2) is 35.6 Å². The molecule has 0 spiro atoms. The van der Waals surface area contributed by atoms with Crippen molar-refractivity contribution in [3.63, 3.8) is 0 Å². The minimum absolute atomic E-state index is 0.249. The Balaban J connectivity index is 1.97. The van der Waals surface area contributed by atoms with Crippen LogP contribution in [0.3, 0.4) is 0 Å². The standard InChI is InChI=1S/C14H23N3O3/c1-10-13(14(19)16-15)7-12(20-10)9-17-5-2-3-11(8-17)4-6-18/h7,11,18H,2-6,8-9,15H2,1H3,(H,16,19). The van der Waals surface area contributed by atoms with Gasteiger partial charge in [0.05, 0.1) is 12.1 Å². The number of carbonyl (C=O) groups is 1. The lowest BCUT2D eigenvalue weighted by atomic mass is 9.95. The van der Waals surface area contributed by atoms with E-state index in [1.165, 1.54) is 6.42 Å². The maximum atomic E-state index is 11.5. The number of likely N-dealkylation sites (tertiary alicyclic amines) is 1. The molecule has 6 nitrogen and oxygen atoms in total. The summed E-state index contributed by atoms with van der Waals surface area (Å²) in [7, 11) is 0. The Kier molecular flexibility index (Phi) is 5.17. The molecule has 0 saturated carbocycles. The summed E-state index contributed by atoms with van der Waals surface area (Å²) in [5, 5.41) is 9.03. The van der Waals surface area contributed by atoms with Crippen molar-refractivity contribution in [1.82, 2.24) is 10.3 Å². The highest BCUT2D eigenvalue weighted by atomic mass is 16.3. The lowest BCUT2D eigenvalue weighted by molar-refractivity contribution is 0.0952. The maximum absolute atomic E-state index is 11.5. The number of hydrogen-bond acceptors (Lipinski definition) is 5. The molecule has 0 aliphatic carbocycles. The predicted octanol–water partition coefficient (Wildman–Crippen LogP) is 0.786. The number of nitrogens with zero attached hydrogens (tertiary/aromatic N) is 1. The third kappa shape index (κ3) is 3.59. The van der Waals surface area contributed by atoms with Gasteiger partial charge >= 0.3 is 0 Å². The molecule has 1 unspecified atom stereocenters. The number of amides is 1. The second-order valence-electron chi connectivity index (χ2n) is 5.41. The van der Waals surface area contributed by atoms with Gasteiger partial charge in [0.25, 0.3) is 5.91 Å². The Morgan fingerprint density at radius 3 is 3.15 bits per heavy atom. The van der Waals surface area contributed by atoms with Gasteiger partial charge in [0.2, 0.25) is 0 Å². The zero-order chi connectivity index (χ0) is 14.5. The molecule has 1 saturated heterocycles. The Bertz CT molecular complexity index is 457. The van der Waals surface area contributed by atoms with Crippen molar-refractivity contribution in [3.8, 4) is 0 Å². The van der Waals surface area contributed by atoms with Gasteiger partial charge in [-0.3, -0.25) is 15.1 Å². The number of furan rings is 1. The number of nitrogens with two attached hydrogens (primary N) is 1. The lowest BCUT2D eigenvalue weighted by Crippen LogP contribution is -2.35. The molecule has 0 radical (unpaired) electrons. The molecule has 1 aromatic rings. The summed E-state index contributed by atoms with van der Waals surface area (Å²) in [6, 6.07) is 1.76. The number of hydrogen-bond donors (Lipinski definition) is 3. The molecule has 1 amide bonds. The molecule has 1 aromatic heterocycles. The Hall–Kier alpha value is -1.37. The number of nitrogens with one attached hydrogen (secondary N) is 1. The van der Waals surface area contributed by atoms with Crippen LogP contribution in [0.1, 0.15) is 41.1 Å². The molecular weight excluding hydrogens is 258 g/mol. The number of aliphatic hydroxyl groups excluding tert-OH is 1. The fourth-order valence-corrected chi connectivity index (χ4v) is 2.86. The molecule has 1 atom stereocenters. The van der Waals surface area contributed by atoms with E-state index in [1.807, 2.05) is 0 Å². The van der Waals surface area contributed by atoms with Gasteiger partial charge in [0, 0.05) is 13.2 Å². The topological polar surface area (TPSA) is 91.7 Å². The first-order chi connectivity index (χ1) is 9.63.